The average Bonchev–Trinajstić information content (AvgIpc) is 2.12. The molecule has 0 radical (unpaired) electrons. The van der Waals surface area contributed by atoms with Crippen molar-refractivity contribution in [1.82, 2.24) is 0 Å². The van der Waals surface area contributed by atoms with Gasteiger partial charge in [0.25, 0.3) is 10.1 Å². The van der Waals surface area contributed by atoms with Crippen molar-refractivity contribution in [2.75, 3.05) is 5.75 Å². The second kappa shape index (κ2) is 4.82. The van der Waals surface area contributed by atoms with Crippen molar-refractivity contribution in [3.05, 3.63) is 26.6 Å². The summed E-state index contributed by atoms with van der Waals surface area (Å²) in [6.07, 6.45) is 0.139. The summed E-state index contributed by atoms with van der Waals surface area (Å²) in [7, 11) is -3.98. The first-order valence-electron chi connectivity index (χ1n) is 3.92. The number of phenols is 1. The number of benzene rings is 1. The minimum Gasteiger partial charge on any atom is -0.506 e. The Kier molecular flexibility index (Phi) is 4.16. The molecular formula is C8H8Br2O4S. The Morgan fingerprint density at radius 3 is 2.40 bits per heavy atom. The van der Waals surface area contributed by atoms with Gasteiger partial charge in [-0.25, -0.2) is 0 Å². The molecule has 0 amide bonds. The molecule has 0 spiro atoms. The molecule has 0 aliphatic heterocycles. The zero-order valence-corrected chi connectivity index (χ0v) is 11.4. The molecule has 0 unspecified atom stereocenters. The minimum atomic E-state index is -3.98. The van der Waals surface area contributed by atoms with Gasteiger partial charge in [0.2, 0.25) is 0 Å². The predicted octanol–water partition coefficient (Wildman–Crippen LogP) is 2.35. The van der Waals surface area contributed by atoms with Gasteiger partial charge in [-0.2, -0.15) is 8.42 Å². The summed E-state index contributed by atoms with van der Waals surface area (Å²) in [5, 5.41) is 9.51. The van der Waals surface area contributed by atoms with E-state index >= 15 is 0 Å². The Morgan fingerprint density at radius 2 is 1.87 bits per heavy atom. The van der Waals surface area contributed by atoms with E-state index in [9.17, 15) is 13.5 Å². The third-order valence-corrected chi connectivity index (χ3v) is 4.02. The van der Waals surface area contributed by atoms with Crippen LogP contribution in [0.3, 0.4) is 0 Å². The van der Waals surface area contributed by atoms with Crippen molar-refractivity contribution in [2.45, 2.75) is 6.42 Å². The summed E-state index contributed by atoms with van der Waals surface area (Å²) in [5.41, 5.74) is 0.619. The van der Waals surface area contributed by atoms with Crippen LogP contribution >= 0.6 is 31.9 Å². The lowest BCUT2D eigenvalue weighted by atomic mass is 10.2. The maximum atomic E-state index is 10.5. The Hall–Kier alpha value is -0.110. The summed E-state index contributed by atoms with van der Waals surface area (Å²) in [6.45, 7) is 0. The van der Waals surface area contributed by atoms with Crippen molar-refractivity contribution >= 4 is 42.0 Å². The van der Waals surface area contributed by atoms with Gasteiger partial charge in [-0.05, 0) is 49.9 Å². The van der Waals surface area contributed by atoms with Gasteiger partial charge in [0, 0.05) is 0 Å². The van der Waals surface area contributed by atoms with Crippen molar-refractivity contribution in [2.24, 2.45) is 0 Å². The van der Waals surface area contributed by atoms with Crippen LogP contribution in [0.4, 0.5) is 0 Å². The van der Waals surface area contributed by atoms with E-state index in [1.54, 1.807) is 12.1 Å². The summed E-state index contributed by atoms with van der Waals surface area (Å²) in [5.74, 6) is -0.352. The quantitative estimate of drug-likeness (QED) is 0.812. The molecule has 0 heterocycles. The first-order valence-corrected chi connectivity index (χ1v) is 7.12. The lowest BCUT2D eigenvalue weighted by Gasteiger charge is -2.06. The largest absolute Gasteiger partial charge is 0.506 e. The van der Waals surface area contributed by atoms with Gasteiger partial charge in [-0.1, -0.05) is 6.07 Å². The van der Waals surface area contributed by atoms with Crippen molar-refractivity contribution in [3.8, 4) is 5.75 Å². The predicted molar refractivity (Wildman–Crippen MR) is 63.6 cm³/mol. The van der Waals surface area contributed by atoms with E-state index in [-0.39, 0.29) is 17.9 Å². The molecule has 0 saturated carbocycles. The molecule has 0 aromatic heterocycles. The van der Waals surface area contributed by atoms with E-state index in [2.05, 4.69) is 31.9 Å². The molecular weight excluding hydrogens is 352 g/mol. The van der Waals surface area contributed by atoms with Gasteiger partial charge in [0.15, 0.2) is 0 Å². The van der Waals surface area contributed by atoms with Crippen LogP contribution in [-0.2, 0) is 16.5 Å². The highest BCUT2D eigenvalue weighted by molar-refractivity contribution is 9.11. The number of halogens is 2. The fraction of sp³-hybridized carbons (Fsp3) is 0.250. The Morgan fingerprint density at radius 1 is 1.27 bits per heavy atom. The lowest BCUT2D eigenvalue weighted by molar-refractivity contribution is 0.466. The first kappa shape index (κ1) is 13.0. The fourth-order valence-corrected chi connectivity index (χ4v) is 2.63. The van der Waals surface area contributed by atoms with Crippen molar-refractivity contribution < 1.29 is 18.1 Å². The molecule has 1 aromatic carbocycles. The van der Waals surface area contributed by atoms with Crippen LogP contribution in [0.5, 0.6) is 5.75 Å². The molecule has 0 aliphatic carbocycles. The summed E-state index contributed by atoms with van der Waals surface area (Å²) < 4.78 is 30.6. The van der Waals surface area contributed by atoms with Gasteiger partial charge in [0.05, 0.1) is 14.7 Å². The van der Waals surface area contributed by atoms with Crippen LogP contribution in [0.2, 0.25) is 0 Å². The van der Waals surface area contributed by atoms with Crippen LogP contribution in [0, 0.1) is 0 Å². The second-order valence-electron chi connectivity index (χ2n) is 2.91. The molecule has 1 aromatic rings. The normalized spacial score (nSPS) is 11.7. The molecule has 84 valence electrons. The van der Waals surface area contributed by atoms with E-state index in [4.69, 9.17) is 4.55 Å². The molecule has 0 bridgehead atoms. The van der Waals surface area contributed by atoms with Crippen LogP contribution in [0.1, 0.15) is 5.56 Å². The molecule has 2 N–H and O–H groups in total. The fourth-order valence-electron chi connectivity index (χ4n) is 1.01. The first-order chi connectivity index (χ1) is 6.81. The number of phenolic OH excluding ortho intramolecular Hbond substituents is 1. The SMILES string of the molecule is O=S(=O)(O)CCc1ccc(Br)c(O)c1Br. The van der Waals surface area contributed by atoms with Gasteiger partial charge in [-0.15, -0.1) is 0 Å². The molecule has 1 rings (SSSR count). The minimum absolute atomic E-state index is 0.0165. The average molecular weight is 360 g/mol. The maximum Gasteiger partial charge on any atom is 0.265 e. The zero-order chi connectivity index (χ0) is 11.6. The molecule has 0 aliphatic rings. The third-order valence-electron chi connectivity index (χ3n) is 1.78. The number of hydrogen-bond acceptors (Lipinski definition) is 3. The van der Waals surface area contributed by atoms with Crippen molar-refractivity contribution in [3.63, 3.8) is 0 Å². The van der Waals surface area contributed by atoms with E-state index in [0.717, 1.165) is 0 Å². The molecule has 15 heavy (non-hydrogen) atoms. The Bertz CT molecular complexity index is 470. The number of aromatic hydroxyl groups is 1. The Balaban J connectivity index is 2.93. The van der Waals surface area contributed by atoms with Crippen LogP contribution in [0.15, 0.2) is 21.1 Å². The number of hydrogen-bond donors (Lipinski definition) is 2. The summed E-state index contributed by atoms with van der Waals surface area (Å²) in [6, 6.07) is 3.28. The highest BCUT2D eigenvalue weighted by atomic mass is 79.9. The molecule has 0 saturated heterocycles. The second-order valence-corrected chi connectivity index (χ2v) is 6.12. The monoisotopic (exact) mass is 358 g/mol. The standard InChI is InChI=1S/C8H8Br2O4S/c9-6-2-1-5(7(10)8(6)11)3-4-15(12,13)14/h1-2,11H,3-4H2,(H,12,13,14). The molecule has 7 heteroatoms. The zero-order valence-electron chi connectivity index (χ0n) is 7.44. The number of rotatable bonds is 3. The van der Waals surface area contributed by atoms with Crippen LogP contribution in [-0.4, -0.2) is 23.8 Å². The number of aryl methyl sites for hydroxylation is 1. The highest BCUT2D eigenvalue weighted by Crippen LogP contribution is 2.34. The maximum absolute atomic E-state index is 10.5. The van der Waals surface area contributed by atoms with Crippen LogP contribution < -0.4 is 0 Å². The Labute approximate surface area is 104 Å². The summed E-state index contributed by atoms with van der Waals surface area (Å²) in [4.78, 5) is 0. The van der Waals surface area contributed by atoms with Gasteiger partial charge < -0.3 is 5.11 Å². The van der Waals surface area contributed by atoms with E-state index in [0.29, 0.717) is 14.5 Å². The molecule has 0 fully saturated rings. The lowest BCUT2D eigenvalue weighted by Crippen LogP contribution is -2.06. The summed E-state index contributed by atoms with van der Waals surface area (Å²) >= 11 is 6.27. The highest BCUT2D eigenvalue weighted by Gasteiger charge is 2.11. The third kappa shape index (κ3) is 3.75. The van der Waals surface area contributed by atoms with E-state index in [1.807, 2.05) is 0 Å². The molecule has 4 nitrogen and oxygen atoms in total. The topological polar surface area (TPSA) is 74.6 Å². The molecule has 0 atom stereocenters. The van der Waals surface area contributed by atoms with Gasteiger partial charge in [-0.3, -0.25) is 4.55 Å². The van der Waals surface area contributed by atoms with Gasteiger partial charge >= 0.3 is 0 Å². The smallest absolute Gasteiger partial charge is 0.265 e. The van der Waals surface area contributed by atoms with E-state index < -0.39 is 10.1 Å². The van der Waals surface area contributed by atoms with Gasteiger partial charge in [0.1, 0.15) is 5.75 Å². The van der Waals surface area contributed by atoms with E-state index in [1.165, 1.54) is 0 Å². The van der Waals surface area contributed by atoms with Crippen molar-refractivity contribution in [1.29, 1.82) is 0 Å². The van der Waals surface area contributed by atoms with Crippen LogP contribution in [0.25, 0.3) is 0 Å².